The van der Waals surface area contributed by atoms with E-state index in [1.54, 1.807) is 16.2 Å². The van der Waals surface area contributed by atoms with Gasteiger partial charge in [0.05, 0.1) is 10.2 Å². The maximum absolute atomic E-state index is 12.2. The molecular weight excluding hydrogens is 424 g/mol. The minimum Gasteiger partial charge on any atom is -0.351 e. The standard InChI is InChI=1S/C22H30N8OS/c1-12-6-18(29-28-12)26-21-20-17(4-5-32-20)25-22(27-21)24-16-10-14-7-13(8-15(11-16)23-14)9-19(31)30(2)3/h4-6,13-16,23H,7-11H2,1-3H3,(H3,24,25,26,27,28,29)/t13?,14-,15+,16?. The van der Waals surface area contributed by atoms with Gasteiger partial charge in [0.2, 0.25) is 11.9 Å². The Labute approximate surface area is 191 Å². The van der Waals surface area contributed by atoms with Crippen molar-refractivity contribution in [3.05, 3.63) is 23.2 Å². The quantitative estimate of drug-likeness (QED) is 0.452. The summed E-state index contributed by atoms with van der Waals surface area (Å²) in [6.07, 6.45) is 4.76. The number of piperidine rings is 2. The fourth-order valence-electron chi connectivity index (χ4n) is 4.99. The van der Waals surface area contributed by atoms with Gasteiger partial charge in [0, 0.05) is 50.4 Å². The van der Waals surface area contributed by atoms with Gasteiger partial charge in [0.1, 0.15) is 0 Å². The van der Waals surface area contributed by atoms with E-state index < -0.39 is 0 Å². The number of anilines is 3. The fourth-order valence-corrected chi connectivity index (χ4v) is 5.77. The van der Waals surface area contributed by atoms with Gasteiger partial charge in [-0.1, -0.05) is 0 Å². The number of aromatic nitrogens is 4. The Morgan fingerprint density at radius 1 is 1.22 bits per heavy atom. The number of rotatable bonds is 6. The Hall–Kier alpha value is -2.72. The van der Waals surface area contributed by atoms with Crippen molar-refractivity contribution in [2.24, 2.45) is 5.92 Å². The molecule has 5 heterocycles. The van der Waals surface area contributed by atoms with Crippen molar-refractivity contribution in [3.8, 4) is 0 Å². The Kier molecular flexibility index (Phi) is 5.73. The van der Waals surface area contributed by atoms with Crippen LogP contribution < -0.4 is 16.0 Å². The minimum atomic E-state index is 0.231. The largest absolute Gasteiger partial charge is 0.351 e. The first kappa shape index (κ1) is 21.1. The second kappa shape index (κ2) is 8.67. The average Bonchev–Trinajstić information content (AvgIpc) is 3.36. The number of thiophene rings is 1. The number of H-pyrrole nitrogens is 1. The molecule has 0 aliphatic carbocycles. The smallest absolute Gasteiger partial charge is 0.225 e. The normalized spacial score (nSPS) is 25.0. The van der Waals surface area contributed by atoms with Gasteiger partial charge in [-0.25, -0.2) is 4.98 Å². The van der Waals surface area contributed by atoms with Crippen molar-refractivity contribution in [3.63, 3.8) is 0 Å². The van der Waals surface area contributed by atoms with Gasteiger partial charge >= 0.3 is 0 Å². The average molecular weight is 455 g/mol. The molecule has 10 heteroatoms. The topological polar surface area (TPSA) is 111 Å². The Morgan fingerprint density at radius 2 is 2.00 bits per heavy atom. The Morgan fingerprint density at radius 3 is 2.69 bits per heavy atom. The van der Waals surface area contributed by atoms with Gasteiger partial charge < -0.3 is 20.9 Å². The van der Waals surface area contributed by atoms with E-state index in [0.29, 0.717) is 36.4 Å². The first-order valence-corrected chi connectivity index (χ1v) is 12.1. The maximum atomic E-state index is 12.2. The molecule has 2 fully saturated rings. The summed E-state index contributed by atoms with van der Waals surface area (Å²) in [5, 5.41) is 19.9. The van der Waals surface area contributed by atoms with Crippen LogP contribution in [0, 0.1) is 12.8 Å². The number of hydrogen-bond donors (Lipinski definition) is 4. The van der Waals surface area contributed by atoms with Crippen molar-refractivity contribution < 1.29 is 4.79 Å². The molecule has 2 aliphatic heterocycles. The maximum Gasteiger partial charge on any atom is 0.225 e. The summed E-state index contributed by atoms with van der Waals surface area (Å²) in [5.41, 5.74) is 1.92. The predicted molar refractivity (Wildman–Crippen MR) is 127 cm³/mol. The van der Waals surface area contributed by atoms with Crippen molar-refractivity contribution in [2.75, 3.05) is 24.7 Å². The summed E-state index contributed by atoms with van der Waals surface area (Å²) in [6.45, 7) is 1.97. The van der Waals surface area contributed by atoms with Crippen LogP contribution in [0.15, 0.2) is 17.5 Å². The van der Waals surface area contributed by atoms with Crippen molar-refractivity contribution in [1.29, 1.82) is 0 Å². The number of carbonyl (C=O) groups is 1. The summed E-state index contributed by atoms with van der Waals surface area (Å²) in [5.74, 6) is 2.87. The Balaban J connectivity index is 1.28. The zero-order valence-corrected chi connectivity index (χ0v) is 19.5. The molecule has 3 aromatic heterocycles. The van der Waals surface area contributed by atoms with E-state index >= 15 is 0 Å². The molecule has 0 aromatic carbocycles. The number of nitrogens with zero attached hydrogens (tertiary/aromatic N) is 4. The van der Waals surface area contributed by atoms with Crippen LogP contribution in [0.3, 0.4) is 0 Å². The van der Waals surface area contributed by atoms with Crippen molar-refractivity contribution in [2.45, 2.75) is 57.2 Å². The molecule has 170 valence electrons. The summed E-state index contributed by atoms with van der Waals surface area (Å²) in [7, 11) is 3.68. The highest BCUT2D eigenvalue weighted by atomic mass is 32.1. The van der Waals surface area contributed by atoms with E-state index in [1.165, 1.54) is 0 Å². The number of carbonyl (C=O) groups excluding carboxylic acids is 1. The zero-order valence-electron chi connectivity index (χ0n) is 18.7. The molecule has 32 heavy (non-hydrogen) atoms. The summed E-state index contributed by atoms with van der Waals surface area (Å²) >= 11 is 1.62. The molecule has 2 unspecified atom stereocenters. The first-order valence-electron chi connectivity index (χ1n) is 11.2. The minimum absolute atomic E-state index is 0.231. The van der Waals surface area contributed by atoms with Crippen molar-refractivity contribution >= 4 is 45.0 Å². The van der Waals surface area contributed by atoms with E-state index in [9.17, 15) is 4.79 Å². The lowest BCUT2D eigenvalue weighted by Crippen LogP contribution is -2.54. The van der Waals surface area contributed by atoms with E-state index in [0.717, 1.165) is 53.2 Å². The van der Waals surface area contributed by atoms with Gasteiger partial charge in [-0.3, -0.25) is 9.89 Å². The van der Waals surface area contributed by atoms with Crippen LogP contribution in [-0.4, -0.2) is 63.2 Å². The monoisotopic (exact) mass is 454 g/mol. The fraction of sp³-hybridized carbons (Fsp3) is 0.545. The molecule has 5 rings (SSSR count). The van der Waals surface area contributed by atoms with E-state index in [2.05, 4.69) is 26.1 Å². The molecule has 1 amide bonds. The highest BCUT2D eigenvalue weighted by Gasteiger charge is 2.36. The number of fused-ring (bicyclic) bond motifs is 3. The van der Waals surface area contributed by atoms with E-state index in [-0.39, 0.29) is 5.91 Å². The van der Waals surface area contributed by atoms with Gasteiger partial charge in [0.15, 0.2) is 11.6 Å². The van der Waals surface area contributed by atoms with Gasteiger partial charge in [0.25, 0.3) is 0 Å². The number of nitrogens with one attached hydrogen (secondary N) is 4. The van der Waals surface area contributed by atoms with Gasteiger partial charge in [-0.15, -0.1) is 11.3 Å². The molecule has 0 saturated carbocycles. The lowest BCUT2D eigenvalue weighted by Gasteiger charge is -2.44. The molecule has 4 atom stereocenters. The predicted octanol–water partition coefficient (Wildman–Crippen LogP) is 3.26. The summed E-state index contributed by atoms with van der Waals surface area (Å²) in [4.78, 5) is 23.4. The van der Waals surface area contributed by atoms with Crippen LogP contribution in [0.4, 0.5) is 17.6 Å². The highest BCUT2D eigenvalue weighted by molar-refractivity contribution is 7.17. The van der Waals surface area contributed by atoms with Crippen LogP contribution in [0.1, 0.15) is 37.8 Å². The van der Waals surface area contributed by atoms with Crippen LogP contribution >= 0.6 is 11.3 Å². The molecule has 2 aliphatic rings. The van der Waals surface area contributed by atoms with Gasteiger partial charge in [-0.05, 0) is 50.0 Å². The van der Waals surface area contributed by atoms with Crippen LogP contribution in [-0.2, 0) is 4.79 Å². The Bertz CT molecular complexity index is 1090. The second-order valence-corrected chi connectivity index (χ2v) is 10.2. The molecule has 2 bridgehead atoms. The molecule has 0 radical (unpaired) electrons. The highest BCUT2D eigenvalue weighted by Crippen LogP contribution is 2.34. The molecule has 3 aromatic rings. The SMILES string of the molecule is Cc1cc(Nc2nc(NC3C[C@H]4CC(CC(=O)N(C)C)C[C@@H](C3)N4)nc3ccsc23)n[nH]1. The lowest BCUT2D eigenvalue weighted by atomic mass is 9.77. The number of aromatic amines is 1. The third-order valence-corrected chi connectivity index (χ3v) is 7.31. The summed E-state index contributed by atoms with van der Waals surface area (Å²) < 4.78 is 1.02. The van der Waals surface area contributed by atoms with E-state index in [1.807, 2.05) is 38.5 Å². The second-order valence-electron chi connectivity index (χ2n) is 9.29. The van der Waals surface area contributed by atoms with E-state index in [4.69, 9.17) is 9.97 Å². The van der Waals surface area contributed by atoms with Crippen LogP contribution in [0.25, 0.3) is 10.2 Å². The van der Waals surface area contributed by atoms with Gasteiger partial charge in [-0.2, -0.15) is 10.1 Å². The zero-order chi connectivity index (χ0) is 22.2. The number of aryl methyl sites for hydroxylation is 1. The lowest BCUT2D eigenvalue weighted by molar-refractivity contribution is -0.130. The third-order valence-electron chi connectivity index (χ3n) is 6.40. The molecule has 0 spiro atoms. The third kappa shape index (κ3) is 4.56. The first-order chi connectivity index (χ1) is 15.4. The van der Waals surface area contributed by atoms with Crippen molar-refractivity contribution in [1.82, 2.24) is 30.4 Å². The summed E-state index contributed by atoms with van der Waals surface area (Å²) in [6, 6.07) is 5.15. The molecule has 4 N–H and O–H groups in total. The number of amides is 1. The van der Waals surface area contributed by atoms with Crippen LogP contribution in [0.2, 0.25) is 0 Å². The molecule has 2 saturated heterocycles. The number of hydrogen-bond acceptors (Lipinski definition) is 8. The molecular formula is C22H30N8OS. The van der Waals surface area contributed by atoms with Crippen LogP contribution in [0.5, 0.6) is 0 Å². The molecule has 9 nitrogen and oxygen atoms in total.